The van der Waals surface area contributed by atoms with Crippen molar-refractivity contribution in [3.8, 4) is 0 Å². The Balaban J connectivity index is 0.00000312. The molecule has 0 unspecified atom stereocenters. The summed E-state index contributed by atoms with van der Waals surface area (Å²) < 4.78 is 0. The quantitative estimate of drug-likeness (QED) is 0.379. The fraction of sp³-hybridized carbons (Fsp3) is 0.421. The van der Waals surface area contributed by atoms with Gasteiger partial charge in [0.2, 0.25) is 0 Å². The molecule has 0 aliphatic rings. The maximum Gasteiger partial charge on any atom is 0.193 e. The first kappa shape index (κ1) is 21.9. The fourth-order valence-corrected chi connectivity index (χ4v) is 3.32. The van der Waals surface area contributed by atoms with Crippen LogP contribution in [0.4, 0.5) is 0 Å². The van der Waals surface area contributed by atoms with Gasteiger partial charge in [0.1, 0.15) is 0 Å². The molecule has 0 fully saturated rings. The number of halogens is 1. The number of nitrogens with one attached hydrogen (secondary N) is 1. The number of nitrogens with zero attached hydrogens (tertiary/aromatic N) is 3. The molecule has 0 amide bonds. The number of thiophene rings is 1. The van der Waals surface area contributed by atoms with E-state index in [0.717, 1.165) is 32.0 Å². The molecule has 0 aliphatic carbocycles. The minimum absolute atomic E-state index is 0. The first-order valence-corrected chi connectivity index (χ1v) is 9.13. The standard InChI is InChI=1S/C19H28N4S.HI/c1-20-19(23(4)12-11-18-10-7-13-24-18)21-14-16-8-5-6-9-17(16)15-22(2)3;/h5-10,13H,11-12,14-15H2,1-4H3,(H,20,21);1H. The van der Waals surface area contributed by atoms with Crippen molar-refractivity contribution < 1.29 is 0 Å². The van der Waals surface area contributed by atoms with Crippen molar-refractivity contribution in [2.75, 3.05) is 34.7 Å². The van der Waals surface area contributed by atoms with Gasteiger partial charge in [-0.3, -0.25) is 4.99 Å². The molecule has 1 N–H and O–H groups in total. The van der Waals surface area contributed by atoms with Crippen molar-refractivity contribution in [3.05, 3.63) is 57.8 Å². The molecular formula is C19H29IN4S. The summed E-state index contributed by atoms with van der Waals surface area (Å²) in [6, 6.07) is 12.9. The van der Waals surface area contributed by atoms with E-state index in [1.807, 2.05) is 18.4 Å². The highest BCUT2D eigenvalue weighted by molar-refractivity contribution is 14.0. The van der Waals surface area contributed by atoms with Crippen LogP contribution in [-0.2, 0) is 19.5 Å². The van der Waals surface area contributed by atoms with E-state index in [2.05, 4.69) is 83.0 Å². The molecule has 0 radical (unpaired) electrons. The number of guanidine groups is 1. The molecule has 1 aromatic heterocycles. The van der Waals surface area contributed by atoms with Crippen LogP contribution in [0.25, 0.3) is 0 Å². The highest BCUT2D eigenvalue weighted by Gasteiger charge is 2.08. The third-order valence-electron chi connectivity index (χ3n) is 3.89. The lowest BCUT2D eigenvalue weighted by Gasteiger charge is -2.23. The molecule has 6 heteroatoms. The molecule has 2 aromatic rings. The molecule has 0 saturated heterocycles. The van der Waals surface area contributed by atoms with E-state index in [1.165, 1.54) is 16.0 Å². The molecule has 0 bridgehead atoms. The lowest BCUT2D eigenvalue weighted by molar-refractivity contribution is 0.400. The molecule has 1 aromatic carbocycles. The summed E-state index contributed by atoms with van der Waals surface area (Å²) in [4.78, 5) is 10.2. The van der Waals surface area contributed by atoms with Crippen molar-refractivity contribution >= 4 is 41.3 Å². The van der Waals surface area contributed by atoms with Gasteiger partial charge in [0, 0.05) is 38.6 Å². The van der Waals surface area contributed by atoms with Crippen molar-refractivity contribution in [1.82, 2.24) is 15.1 Å². The molecular weight excluding hydrogens is 443 g/mol. The summed E-state index contributed by atoms with van der Waals surface area (Å²) in [6.45, 7) is 2.70. The number of rotatable bonds is 7. The Bertz CT molecular complexity index is 641. The lowest BCUT2D eigenvalue weighted by atomic mass is 10.1. The van der Waals surface area contributed by atoms with Gasteiger partial charge in [-0.2, -0.15) is 0 Å². The van der Waals surface area contributed by atoms with E-state index in [-0.39, 0.29) is 24.0 Å². The maximum atomic E-state index is 4.42. The Morgan fingerprint density at radius 1 is 1.08 bits per heavy atom. The Morgan fingerprint density at radius 2 is 1.80 bits per heavy atom. The minimum Gasteiger partial charge on any atom is -0.352 e. The van der Waals surface area contributed by atoms with Crippen LogP contribution < -0.4 is 5.32 Å². The normalized spacial score (nSPS) is 11.3. The van der Waals surface area contributed by atoms with Crippen molar-refractivity contribution in [3.63, 3.8) is 0 Å². The Labute approximate surface area is 173 Å². The van der Waals surface area contributed by atoms with Crippen molar-refractivity contribution in [2.24, 2.45) is 4.99 Å². The molecule has 25 heavy (non-hydrogen) atoms. The van der Waals surface area contributed by atoms with Crippen LogP contribution in [0.15, 0.2) is 46.8 Å². The summed E-state index contributed by atoms with van der Waals surface area (Å²) in [5.41, 5.74) is 2.67. The van der Waals surface area contributed by atoms with E-state index in [0.29, 0.717) is 0 Å². The molecule has 4 nitrogen and oxygen atoms in total. The van der Waals surface area contributed by atoms with Crippen LogP contribution in [0, 0.1) is 0 Å². The predicted molar refractivity (Wildman–Crippen MR) is 120 cm³/mol. The van der Waals surface area contributed by atoms with Gasteiger partial charge >= 0.3 is 0 Å². The van der Waals surface area contributed by atoms with E-state index < -0.39 is 0 Å². The summed E-state index contributed by atoms with van der Waals surface area (Å²) in [5, 5.41) is 5.62. The summed E-state index contributed by atoms with van der Waals surface area (Å²) in [5.74, 6) is 0.936. The van der Waals surface area contributed by atoms with Gasteiger partial charge in [0.05, 0.1) is 0 Å². The van der Waals surface area contributed by atoms with Crippen LogP contribution in [0.1, 0.15) is 16.0 Å². The Kier molecular flexibility index (Phi) is 10.1. The average molecular weight is 472 g/mol. The lowest BCUT2D eigenvalue weighted by Crippen LogP contribution is -2.39. The van der Waals surface area contributed by atoms with Crippen LogP contribution in [0.2, 0.25) is 0 Å². The largest absolute Gasteiger partial charge is 0.352 e. The van der Waals surface area contributed by atoms with Gasteiger partial charge in [-0.05, 0) is 43.1 Å². The summed E-state index contributed by atoms with van der Waals surface area (Å²) >= 11 is 1.81. The molecule has 138 valence electrons. The molecule has 0 atom stereocenters. The van der Waals surface area contributed by atoms with Crippen molar-refractivity contribution in [1.29, 1.82) is 0 Å². The van der Waals surface area contributed by atoms with Gasteiger partial charge in [-0.15, -0.1) is 35.3 Å². The van der Waals surface area contributed by atoms with E-state index in [1.54, 1.807) is 0 Å². The zero-order valence-electron chi connectivity index (χ0n) is 15.5. The number of likely N-dealkylation sites (N-methyl/N-ethyl adjacent to an activating group) is 1. The average Bonchev–Trinajstić information content (AvgIpc) is 3.08. The molecule has 0 aliphatic heterocycles. The minimum atomic E-state index is 0. The third kappa shape index (κ3) is 7.33. The number of benzene rings is 1. The van der Waals surface area contributed by atoms with Crippen molar-refractivity contribution in [2.45, 2.75) is 19.5 Å². The first-order valence-electron chi connectivity index (χ1n) is 8.26. The number of aliphatic imine (C=N–C) groups is 1. The molecule has 2 rings (SSSR count). The van der Waals surface area contributed by atoms with Gasteiger partial charge in [0.15, 0.2) is 5.96 Å². The SMILES string of the molecule is CN=C(NCc1ccccc1CN(C)C)N(C)CCc1cccs1.I. The predicted octanol–water partition coefficient (Wildman–Crippen LogP) is 3.68. The Morgan fingerprint density at radius 3 is 2.40 bits per heavy atom. The van der Waals surface area contributed by atoms with E-state index in [9.17, 15) is 0 Å². The topological polar surface area (TPSA) is 30.9 Å². The molecule has 0 saturated carbocycles. The van der Waals surface area contributed by atoms with Gasteiger partial charge in [-0.25, -0.2) is 0 Å². The highest BCUT2D eigenvalue weighted by Crippen LogP contribution is 2.11. The second-order valence-electron chi connectivity index (χ2n) is 6.16. The van der Waals surface area contributed by atoms with Crippen LogP contribution in [0.5, 0.6) is 0 Å². The number of hydrogen-bond acceptors (Lipinski definition) is 3. The fourth-order valence-electron chi connectivity index (χ4n) is 2.62. The molecule has 0 spiro atoms. The van der Waals surface area contributed by atoms with Gasteiger partial charge in [-0.1, -0.05) is 30.3 Å². The van der Waals surface area contributed by atoms with E-state index in [4.69, 9.17) is 0 Å². The second-order valence-corrected chi connectivity index (χ2v) is 7.19. The zero-order chi connectivity index (χ0) is 17.4. The van der Waals surface area contributed by atoms with Crippen LogP contribution in [0.3, 0.4) is 0 Å². The van der Waals surface area contributed by atoms with E-state index >= 15 is 0 Å². The van der Waals surface area contributed by atoms with Gasteiger partial charge < -0.3 is 15.1 Å². The Hall–Kier alpha value is -1.12. The third-order valence-corrected chi connectivity index (χ3v) is 4.83. The smallest absolute Gasteiger partial charge is 0.193 e. The summed E-state index contributed by atoms with van der Waals surface area (Å²) in [6.07, 6.45) is 1.05. The zero-order valence-corrected chi connectivity index (χ0v) is 18.7. The van der Waals surface area contributed by atoms with Crippen LogP contribution >= 0.6 is 35.3 Å². The maximum absolute atomic E-state index is 4.42. The second kappa shape index (κ2) is 11.5. The molecule has 1 heterocycles. The van der Waals surface area contributed by atoms with Gasteiger partial charge in [0.25, 0.3) is 0 Å². The number of hydrogen-bond donors (Lipinski definition) is 1. The van der Waals surface area contributed by atoms with Crippen LogP contribution in [-0.4, -0.2) is 50.5 Å². The highest BCUT2D eigenvalue weighted by atomic mass is 127. The first-order chi connectivity index (χ1) is 11.6. The monoisotopic (exact) mass is 472 g/mol. The summed E-state index contributed by atoms with van der Waals surface area (Å²) in [7, 11) is 8.13.